The molecule has 0 saturated carbocycles. The topological polar surface area (TPSA) is 79.3 Å². The largest absolute Gasteiger partial charge is 0.481 e. The maximum atomic E-state index is 11.5. The van der Waals surface area contributed by atoms with E-state index in [1.54, 1.807) is 0 Å². The number of carbonyl (C=O) groups is 2. The van der Waals surface area contributed by atoms with Crippen molar-refractivity contribution >= 4 is 23.2 Å². The number of aliphatic carboxylic acids is 1. The van der Waals surface area contributed by atoms with Gasteiger partial charge in [-0.15, -0.1) is 11.3 Å². The van der Waals surface area contributed by atoms with Gasteiger partial charge in [0.1, 0.15) is 5.01 Å². The quantitative estimate of drug-likeness (QED) is 0.814. The fourth-order valence-corrected chi connectivity index (χ4v) is 2.15. The van der Waals surface area contributed by atoms with Gasteiger partial charge >= 0.3 is 5.97 Å². The highest BCUT2D eigenvalue weighted by Gasteiger charge is 2.12. The van der Waals surface area contributed by atoms with E-state index in [0.717, 1.165) is 10.7 Å². The first-order chi connectivity index (χ1) is 7.99. The zero-order valence-electron chi connectivity index (χ0n) is 9.90. The van der Waals surface area contributed by atoms with Crippen LogP contribution in [0.2, 0.25) is 0 Å². The molecule has 6 heteroatoms. The third-order valence-electron chi connectivity index (χ3n) is 2.18. The van der Waals surface area contributed by atoms with E-state index in [2.05, 4.69) is 10.3 Å². The molecule has 0 bridgehead atoms. The van der Waals surface area contributed by atoms with Crippen LogP contribution in [0.5, 0.6) is 0 Å². The molecule has 0 aliphatic carbocycles. The zero-order valence-corrected chi connectivity index (χ0v) is 10.7. The molecule has 1 heterocycles. The van der Waals surface area contributed by atoms with Crippen LogP contribution in [0.4, 0.5) is 0 Å². The summed E-state index contributed by atoms with van der Waals surface area (Å²) in [6.07, 6.45) is 0.629. The summed E-state index contributed by atoms with van der Waals surface area (Å²) >= 11 is 1.51. The van der Waals surface area contributed by atoms with Crippen molar-refractivity contribution < 1.29 is 14.7 Å². The Morgan fingerprint density at radius 3 is 2.76 bits per heavy atom. The Balaban J connectivity index is 2.33. The molecule has 0 aliphatic rings. The summed E-state index contributed by atoms with van der Waals surface area (Å²) in [6.45, 7) is 3.77. The van der Waals surface area contributed by atoms with Crippen molar-refractivity contribution in [1.82, 2.24) is 10.3 Å². The predicted molar refractivity (Wildman–Crippen MR) is 64.9 cm³/mol. The van der Waals surface area contributed by atoms with Gasteiger partial charge in [0.15, 0.2) is 0 Å². The van der Waals surface area contributed by atoms with Crippen molar-refractivity contribution in [3.05, 3.63) is 16.1 Å². The van der Waals surface area contributed by atoms with E-state index >= 15 is 0 Å². The fraction of sp³-hybridized carbons (Fsp3) is 0.545. The van der Waals surface area contributed by atoms with Crippen molar-refractivity contribution in [3.63, 3.8) is 0 Å². The summed E-state index contributed by atoms with van der Waals surface area (Å²) in [5, 5.41) is 14.1. The predicted octanol–water partition coefficient (Wildman–Crippen LogP) is 1.88. The van der Waals surface area contributed by atoms with Gasteiger partial charge in [-0.2, -0.15) is 0 Å². The molecule has 0 aliphatic heterocycles. The summed E-state index contributed by atoms with van der Waals surface area (Å²) in [6, 6.07) is -0.119. The minimum Gasteiger partial charge on any atom is -0.481 e. The van der Waals surface area contributed by atoms with Crippen molar-refractivity contribution in [2.45, 2.75) is 39.2 Å². The summed E-state index contributed by atoms with van der Waals surface area (Å²) < 4.78 is 0. The number of nitrogens with zero attached hydrogens (tertiary/aromatic N) is 1. The van der Waals surface area contributed by atoms with Crippen LogP contribution in [0.1, 0.15) is 42.9 Å². The molecule has 1 amide bonds. The molecule has 0 aromatic carbocycles. The van der Waals surface area contributed by atoms with Crippen molar-refractivity contribution in [2.24, 2.45) is 0 Å². The van der Waals surface area contributed by atoms with E-state index in [1.165, 1.54) is 11.3 Å². The van der Waals surface area contributed by atoms with Crippen LogP contribution in [0.3, 0.4) is 0 Å². The smallest absolute Gasteiger partial charge is 0.303 e. The van der Waals surface area contributed by atoms with Crippen LogP contribution in [0, 0.1) is 6.92 Å². The molecule has 0 radical (unpaired) electrons. The van der Waals surface area contributed by atoms with Gasteiger partial charge < -0.3 is 10.4 Å². The normalized spacial score (nSPS) is 12.1. The molecule has 5 nitrogen and oxygen atoms in total. The molecule has 0 fully saturated rings. The van der Waals surface area contributed by atoms with E-state index in [4.69, 9.17) is 5.11 Å². The first-order valence-corrected chi connectivity index (χ1v) is 6.30. The number of aromatic nitrogens is 1. The van der Waals surface area contributed by atoms with E-state index in [-0.39, 0.29) is 24.8 Å². The highest BCUT2D eigenvalue weighted by molar-refractivity contribution is 7.09. The summed E-state index contributed by atoms with van der Waals surface area (Å²) in [5.41, 5.74) is 0.942. The Kier molecular flexibility index (Phi) is 5.09. The van der Waals surface area contributed by atoms with Crippen LogP contribution in [-0.4, -0.2) is 22.0 Å². The average molecular weight is 256 g/mol. The summed E-state index contributed by atoms with van der Waals surface area (Å²) in [7, 11) is 0. The first-order valence-electron chi connectivity index (χ1n) is 5.42. The molecular formula is C11H16N2O3S. The van der Waals surface area contributed by atoms with Gasteiger partial charge in [0.25, 0.3) is 0 Å². The van der Waals surface area contributed by atoms with Crippen LogP contribution < -0.4 is 5.32 Å². The Morgan fingerprint density at radius 1 is 1.53 bits per heavy atom. The van der Waals surface area contributed by atoms with E-state index in [0.29, 0.717) is 6.42 Å². The third kappa shape index (κ3) is 4.95. The van der Waals surface area contributed by atoms with Crippen LogP contribution >= 0.6 is 11.3 Å². The minimum absolute atomic E-state index is 0.0260. The van der Waals surface area contributed by atoms with Gasteiger partial charge in [-0.05, 0) is 20.3 Å². The maximum Gasteiger partial charge on any atom is 0.303 e. The summed E-state index contributed by atoms with van der Waals surface area (Å²) in [4.78, 5) is 26.1. The number of carboxylic acids is 1. The number of hydrogen-bond acceptors (Lipinski definition) is 4. The number of rotatable bonds is 6. The number of hydrogen-bond donors (Lipinski definition) is 2. The molecule has 2 N–H and O–H groups in total. The van der Waals surface area contributed by atoms with E-state index < -0.39 is 5.97 Å². The number of carbonyl (C=O) groups excluding carboxylic acids is 1. The third-order valence-corrected chi connectivity index (χ3v) is 3.32. The maximum absolute atomic E-state index is 11.5. The summed E-state index contributed by atoms with van der Waals surface area (Å²) in [5.74, 6) is -1.01. The van der Waals surface area contributed by atoms with Crippen LogP contribution in [0.15, 0.2) is 5.38 Å². The van der Waals surface area contributed by atoms with Crippen molar-refractivity contribution in [3.8, 4) is 0 Å². The Labute approximate surface area is 104 Å². The van der Waals surface area contributed by atoms with Gasteiger partial charge in [-0.1, -0.05) is 0 Å². The highest BCUT2D eigenvalue weighted by Crippen LogP contribution is 2.17. The molecular weight excluding hydrogens is 240 g/mol. The van der Waals surface area contributed by atoms with Crippen LogP contribution in [0.25, 0.3) is 0 Å². The lowest BCUT2D eigenvalue weighted by Gasteiger charge is -2.10. The Hall–Kier alpha value is -1.43. The Bertz CT molecular complexity index is 403. The molecule has 94 valence electrons. The van der Waals surface area contributed by atoms with Crippen molar-refractivity contribution in [2.75, 3.05) is 0 Å². The number of aryl methyl sites for hydroxylation is 1. The number of thiazole rings is 1. The molecule has 1 aromatic heterocycles. The van der Waals surface area contributed by atoms with Gasteiger partial charge in [-0.25, -0.2) is 4.98 Å². The molecule has 1 unspecified atom stereocenters. The number of carboxylic acid groups (broad SMARTS) is 1. The van der Waals surface area contributed by atoms with Gasteiger partial charge in [0.2, 0.25) is 5.91 Å². The minimum atomic E-state index is -0.874. The monoisotopic (exact) mass is 256 g/mol. The van der Waals surface area contributed by atoms with E-state index in [9.17, 15) is 9.59 Å². The average Bonchev–Trinajstić information content (AvgIpc) is 2.64. The SMILES string of the molecule is Cc1csc(C(C)NC(=O)CCCC(=O)O)n1. The molecule has 0 saturated heterocycles. The highest BCUT2D eigenvalue weighted by atomic mass is 32.1. The molecule has 0 spiro atoms. The second-order valence-electron chi connectivity index (χ2n) is 3.86. The zero-order chi connectivity index (χ0) is 12.8. The Morgan fingerprint density at radius 2 is 2.24 bits per heavy atom. The lowest BCUT2D eigenvalue weighted by molar-refractivity contribution is -0.137. The standard InChI is InChI=1S/C11H16N2O3S/c1-7-6-17-11(12-7)8(2)13-9(14)4-3-5-10(15)16/h6,8H,3-5H2,1-2H3,(H,13,14)(H,15,16). The first kappa shape index (κ1) is 13.6. The van der Waals surface area contributed by atoms with E-state index in [1.807, 2.05) is 19.2 Å². The molecule has 17 heavy (non-hydrogen) atoms. The van der Waals surface area contributed by atoms with Gasteiger partial charge in [0.05, 0.1) is 6.04 Å². The second-order valence-corrected chi connectivity index (χ2v) is 4.75. The molecule has 1 rings (SSSR count). The molecule has 1 atom stereocenters. The van der Waals surface area contributed by atoms with Gasteiger partial charge in [-0.3, -0.25) is 9.59 Å². The second kappa shape index (κ2) is 6.34. The lowest BCUT2D eigenvalue weighted by Crippen LogP contribution is -2.26. The van der Waals surface area contributed by atoms with Crippen LogP contribution in [-0.2, 0) is 9.59 Å². The van der Waals surface area contributed by atoms with Crippen molar-refractivity contribution in [1.29, 1.82) is 0 Å². The number of nitrogens with one attached hydrogen (secondary N) is 1. The fourth-order valence-electron chi connectivity index (χ4n) is 1.35. The molecule has 1 aromatic rings. The van der Waals surface area contributed by atoms with Gasteiger partial charge in [0, 0.05) is 23.9 Å². The number of amides is 1. The lowest BCUT2D eigenvalue weighted by atomic mass is 10.2.